The fourth-order valence-corrected chi connectivity index (χ4v) is 11.2. The molecule has 15 nitrogen and oxygen atoms in total. The van der Waals surface area contributed by atoms with Crippen molar-refractivity contribution in [2.45, 2.75) is 13.8 Å². The lowest BCUT2D eigenvalue weighted by Crippen LogP contribution is -2.24. The van der Waals surface area contributed by atoms with Crippen molar-refractivity contribution in [1.82, 2.24) is 39.9 Å². The zero-order chi connectivity index (χ0) is 69.9. The van der Waals surface area contributed by atoms with Crippen molar-refractivity contribution in [3.05, 3.63) is 402 Å². The van der Waals surface area contributed by atoms with Crippen molar-refractivity contribution in [2.75, 3.05) is 29.4 Å². The van der Waals surface area contributed by atoms with Crippen LogP contribution in [0.4, 0.5) is 92.0 Å². The van der Waals surface area contributed by atoms with E-state index < -0.39 is 0 Å². The van der Waals surface area contributed by atoms with Gasteiger partial charge in [0.05, 0.1) is 0 Å². The number of rotatable bonds is 21. The summed E-state index contributed by atoms with van der Waals surface area (Å²) < 4.78 is 0. The number of hydrogen-bond acceptors (Lipinski definition) is 14. The summed E-state index contributed by atoms with van der Waals surface area (Å²) in [4.78, 5) is 48.6. The fourth-order valence-electron chi connectivity index (χ4n) is 11.2. The summed E-state index contributed by atoms with van der Waals surface area (Å²) in [7, 11) is 0. The van der Waals surface area contributed by atoms with E-state index in [9.17, 15) is 0 Å². The molecular weight excluding hydrogens is 1260 g/mol. The lowest BCUT2D eigenvalue weighted by atomic mass is 10.0. The van der Waals surface area contributed by atoms with E-state index in [1.807, 2.05) is 211 Å². The molecule has 0 radical (unpaired) electrons. The van der Waals surface area contributed by atoms with Gasteiger partial charge in [0.25, 0.3) is 0 Å². The van der Waals surface area contributed by atoms with Crippen LogP contribution in [0.2, 0.25) is 0 Å². The summed E-state index contributed by atoms with van der Waals surface area (Å²) in [5, 5.41) is 8.56. The Hall–Kier alpha value is -14.1. The third kappa shape index (κ3) is 17.2. The van der Waals surface area contributed by atoms with Crippen LogP contribution in [0, 0.1) is 5.41 Å². The predicted octanol–water partition coefficient (Wildman–Crippen LogP) is 22.2. The van der Waals surface area contributed by atoms with Gasteiger partial charge in [0.2, 0.25) is 0 Å². The summed E-state index contributed by atoms with van der Waals surface area (Å²) in [5.41, 5.74) is 11.3. The maximum Gasteiger partial charge on any atom is 0.138 e. The van der Waals surface area contributed by atoms with Gasteiger partial charge in [-0.05, 0) is 231 Å². The van der Waals surface area contributed by atoms with Gasteiger partial charge in [0, 0.05) is 101 Å². The molecule has 496 valence electrons. The van der Waals surface area contributed by atoms with Crippen molar-refractivity contribution >= 4 is 97.9 Å². The van der Waals surface area contributed by atoms with Crippen LogP contribution in [0.15, 0.2) is 402 Å². The number of anilines is 16. The van der Waals surface area contributed by atoms with E-state index in [2.05, 4.69) is 195 Å². The topological polar surface area (TPSA) is 146 Å². The maximum atomic E-state index is 8.56. The number of pyridine rings is 8. The second kappa shape index (κ2) is 34.8. The Kier molecular flexibility index (Phi) is 23.1. The molecule has 0 spiro atoms. The van der Waals surface area contributed by atoms with Gasteiger partial charge in [0.1, 0.15) is 52.4 Å². The third-order valence-electron chi connectivity index (χ3n) is 15.9. The first kappa shape index (κ1) is 67.9. The smallest absolute Gasteiger partial charge is 0.138 e. The SMILES string of the molecule is C=C/C=C\C(=N)N(c1ccc(N(/C(C)=C/C=C\C)c2ccccn2)cc1)c1ccccn1.c1ccc(N(c2ccc(-c3ccc(N(c4ccccn4)c4ccccn4)cc3)cc2)c2ccccn2)nc1.c1ccc(N(c2ccccc2)c2ccc(N(c3ccccn3)c3ccccn3)cc2)cc1. The molecule has 0 fully saturated rings. The normalized spacial score (nSPS) is 10.9. The zero-order valence-corrected chi connectivity index (χ0v) is 56.4. The quantitative estimate of drug-likeness (QED) is 0.0413. The van der Waals surface area contributed by atoms with E-state index >= 15 is 0 Å². The Morgan fingerprint density at radius 2 is 0.539 bits per heavy atom. The Morgan fingerprint density at radius 3 is 0.833 bits per heavy atom. The predicted molar refractivity (Wildman–Crippen MR) is 419 cm³/mol. The van der Waals surface area contributed by atoms with Gasteiger partial charge in [-0.3, -0.25) is 29.9 Å². The highest BCUT2D eigenvalue weighted by atomic mass is 15.3. The van der Waals surface area contributed by atoms with Crippen LogP contribution < -0.4 is 29.4 Å². The first-order valence-electron chi connectivity index (χ1n) is 33.2. The Morgan fingerprint density at radius 1 is 0.284 bits per heavy atom. The molecule has 6 aromatic carbocycles. The molecule has 102 heavy (non-hydrogen) atoms. The standard InChI is InChI=1S/C32H24N6.C28H22N4.C27H27N5/c1-5-21-33-29(9-1)37(30-10-2-6-22-34-30)27-17-13-25(14-18-27)26-15-19-28(20-16-26)38(31-11-3-7-23-35-31)32-12-4-8-24-36-32;1-3-11-23(12-4-1)31(24-13-5-2-6-14-24)25-17-19-26(20-18-25)32(27-15-7-9-21-29-27)28-16-8-10-22-30-28;1-4-6-12-22(3)31(26-14-8-10-20-29-26)23-16-18-24(19-17-23)32(25(28)13-7-5-2)27-15-9-11-21-30-27/h1-24H;1-22H;4-21,28H,2H2,1,3H3/b;;6-4-,13-7-,22-12+,28-25?. The molecule has 15 heteroatoms. The molecule has 0 bridgehead atoms. The first-order chi connectivity index (χ1) is 50.4. The van der Waals surface area contributed by atoms with E-state index in [1.54, 1.807) is 72.7 Å². The van der Waals surface area contributed by atoms with Crippen molar-refractivity contribution in [3.63, 3.8) is 0 Å². The summed E-state index contributed by atoms with van der Waals surface area (Å²) in [5.74, 6) is 6.69. The third-order valence-corrected chi connectivity index (χ3v) is 15.9. The van der Waals surface area contributed by atoms with Crippen LogP contribution in [-0.4, -0.2) is 45.7 Å². The number of hydrogen-bond donors (Lipinski definition) is 1. The van der Waals surface area contributed by atoms with E-state index in [0.29, 0.717) is 11.7 Å². The van der Waals surface area contributed by atoms with Crippen LogP contribution in [0.25, 0.3) is 11.1 Å². The second-order valence-electron chi connectivity index (χ2n) is 22.6. The average molecular weight is 1330 g/mol. The van der Waals surface area contributed by atoms with E-state index in [1.165, 1.54) is 0 Å². The molecular formula is C87H73N15. The minimum absolute atomic E-state index is 0.294. The molecule has 0 aliphatic heterocycles. The first-order valence-corrected chi connectivity index (χ1v) is 33.2. The van der Waals surface area contributed by atoms with Crippen molar-refractivity contribution < 1.29 is 0 Å². The minimum Gasteiger partial charge on any atom is -0.311 e. The number of nitrogens with one attached hydrogen (secondary N) is 1. The van der Waals surface area contributed by atoms with Crippen LogP contribution in [0.5, 0.6) is 0 Å². The van der Waals surface area contributed by atoms with Gasteiger partial charge in [-0.15, -0.1) is 0 Å². The van der Waals surface area contributed by atoms with Crippen molar-refractivity contribution in [3.8, 4) is 11.1 Å². The molecule has 0 amide bonds. The maximum absolute atomic E-state index is 8.56. The number of nitrogens with zero attached hydrogens (tertiary/aromatic N) is 14. The Balaban J connectivity index is 0.000000145. The highest BCUT2D eigenvalue weighted by Crippen LogP contribution is 2.40. The molecule has 0 atom stereocenters. The van der Waals surface area contributed by atoms with Crippen LogP contribution in [0.3, 0.4) is 0 Å². The number of benzene rings is 6. The van der Waals surface area contributed by atoms with E-state index in [-0.39, 0.29) is 0 Å². The van der Waals surface area contributed by atoms with Crippen LogP contribution >= 0.6 is 0 Å². The monoisotopic (exact) mass is 1330 g/mol. The van der Waals surface area contributed by atoms with Crippen molar-refractivity contribution in [2.24, 2.45) is 0 Å². The highest BCUT2D eigenvalue weighted by Gasteiger charge is 2.21. The van der Waals surface area contributed by atoms with Gasteiger partial charge < -0.3 is 4.90 Å². The molecule has 0 saturated carbocycles. The lowest BCUT2D eigenvalue weighted by molar-refractivity contribution is 1.09. The fraction of sp³-hybridized carbons (Fsp3) is 0.0230. The molecule has 8 aromatic heterocycles. The average Bonchev–Trinajstić information content (AvgIpc) is 0.821. The number of amidine groups is 1. The molecule has 0 unspecified atom stereocenters. The Labute approximate surface area is 595 Å². The largest absolute Gasteiger partial charge is 0.311 e. The summed E-state index contributed by atoms with van der Waals surface area (Å²) in [6.07, 6.45) is 25.4. The molecule has 8 heterocycles. The molecule has 0 aliphatic rings. The van der Waals surface area contributed by atoms with Crippen LogP contribution in [0.1, 0.15) is 13.8 Å². The van der Waals surface area contributed by atoms with Crippen LogP contribution in [-0.2, 0) is 0 Å². The molecule has 1 N–H and O–H groups in total. The van der Waals surface area contributed by atoms with Crippen molar-refractivity contribution in [1.29, 1.82) is 5.41 Å². The van der Waals surface area contributed by atoms with E-state index in [0.717, 1.165) is 103 Å². The minimum atomic E-state index is 0.294. The molecule has 14 rings (SSSR count). The lowest BCUT2D eigenvalue weighted by Gasteiger charge is -2.27. The zero-order valence-electron chi connectivity index (χ0n) is 56.4. The van der Waals surface area contributed by atoms with Gasteiger partial charge in [-0.25, -0.2) is 39.9 Å². The number of allylic oxidation sites excluding steroid dienone is 6. The van der Waals surface area contributed by atoms with Gasteiger partial charge >= 0.3 is 0 Å². The number of aromatic nitrogens is 8. The number of para-hydroxylation sites is 2. The van der Waals surface area contributed by atoms with Gasteiger partial charge in [-0.2, -0.15) is 0 Å². The molecule has 0 aliphatic carbocycles. The summed E-state index contributed by atoms with van der Waals surface area (Å²) >= 11 is 0. The van der Waals surface area contributed by atoms with Gasteiger partial charge in [0.15, 0.2) is 0 Å². The summed E-state index contributed by atoms with van der Waals surface area (Å²) in [6.45, 7) is 7.74. The highest BCUT2D eigenvalue weighted by molar-refractivity contribution is 6.08. The second-order valence-corrected chi connectivity index (χ2v) is 22.6. The molecule has 14 aromatic rings. The Bertz CT molecular complexity index is 4550. The summed E-state index contributed by atoms with van der Waals surface area (Å²) in [6, 6.07) is 101. The van der Waals surface area contributed by atoms with Gasteiger partial charge in [-0.1, -0.05) is 140 Å². The van der Waals surface area contributed by atoms with E-state index in [4.69, 9.17) is 5.41 Å². The molecule has 0 saturated heterocycles.